The van der Waals surface area contributed by atoms with Crippen LogP contribution in [0.2, 0.25) is 0 Å². The zero-order valence-corrected chi connectivity index (χ0v) is 18.5. The third kappa shape index (κ3) is 5.54. The molecular formula is C24H26N2O3S. The Morgan fingerprint density at radius 3 is 2.43 bits per heavy atom. The van der Waals surface area contributed by atoms with Gasteiger partial charge in [-0.15, -0.1) is 11.3 Å². The van der Waals surface area contributed by atoms with Gasteiger partial charge in [0, 0.05) is 18.2 Å². The second-order valence-electron chi connectivity index (χ2n) is 8.01. The average molecular weight is 423 g/mol. The lowest BCUT2D eigenvalue weighted by atomic mass is 10.0. The first-order chi connectivity index (χ1) is 14.2. The van der Waals surface area contributed by atoms with Gasteiger partial charge >= 0.3 is 5.97 Å². The van der Waals surface area contributed by atoms with Crippen molar-refractivity contribution in [2.75, 3.05) is 0 Å². The fraction of sp³-hybridized carbons (Fsp3) is 0.292. The molecular weight excluding hydrogens is 396 g/mol. The Kier molecular flexibility index (Phi) is 6.67. The van der Waals surface area contributed by atoms with E-state index in [1.54, 1.807) is 17.9 Å². The third-order valence-corrected chi connectivity index (χ3v) is 5.57. The van der Waals surface area contributed by atoms with Crippen LogP contribution in [-0.2, 0) is 20.9 Å². The number of hydrogen-bond donors (Lipinski definition) is 0. The van der Waals surface area contributed by atoms with Crippen molar-refractivity contribution in [2.45, 2.75) is 45.9 Å². The number of amides is 1. The molecule has 0 aliphatic rings. The van der Waals surface area contributed by atoms with E-state index in [1.807, 2.05) is 75.4 Å². The monoisotopic (exact) mass is 422 g/mol. The van der Waals surface area contributed by atoms with Crippen molar-refractivity contribution in [3.8, 4) is 0 Å². The molecule has 0 spiro atoms. The summed E-state index contributed by atoms with van der Waals surface area (Å²) in [5.41, 5.74) is 1.50. The summed E-state index contributed by atoms with van der Waals surface area (Å²) >= 11 is 1.49. The summed E-state index contributed by atoms with van der Waals surface area (Å²) < 4.78 is 6.43. The third-order valence-electron chi connectivity index (χ3n) is 4.57. The molecule has 3 aromatic rings. The van der Waals surface area contributed by atoms with Gasteiger partial charge in [-0.2, -0.15) is 0 Å². The molecule has 0 aliphatic heterocycles. The first kappa shape index (κ1) is 21.7. The van der Waals surface area contributed by atoms with Crippen LogP contribution >= 0.6 is 11.3 Å². The maximum atomic E-state index is 13.0. The number of carbonyl (C=O) groups is 2. The Morgan fingerprint density at radius 1 is 1.10 bits per heavy atom. The highest BCUT2D eigenvalue weighted by Crippen LogP contribution is 2.23. The lowest BCUT2D eigenvalue weighted by Crippen LogP contribution is -2.49. The summed E-state index contributed by atoms with van der Waals surface area (Å²) in [7, 11) is 0. The summed E-state index contributed by atoms with van der Waals surface area (Å²) in [6.45, 7) is 7.96. The SMILES string of the molecule is C[C@H](OC(=O)/C=C/c1nc2ccccc2s1)C(=O)N(Cc1ccccc1)C(C)(C)C. The molecule has 0 N–H and O–H groups in total. The molecule has 0 fully saturated rings. The minimum absolute atomic E-state index is 0.229. The van der Waals surface area contributed by atoms with Gasteiger partial charge in [0.25, 0.3) is 5.91 Å². The summed E-state index contributed by atoms with van der Waals surface area (Å²) in [6.07, 6.45) is 2.05. The maximum Gasteiger partial charge on any atom is 0.331 e. The van der Waals surface area contributed by atoms with Crippen LogP contribution in [0.3, 0.4) is 0 Å². The topological polar surface area (TPSA) is 59.5 Å². The van der Waals surface area contributed by atoms with Gasteiger partial charge in [0.05, 0.1) is 10.2 Å². The van der Waals surface area contributed by atoms with Crippen molar-refractivity contribution in [1.29, 1.82) is 0 Å². The second kappa shape index (κ2) is 9.22. The number of nitrogens with zero attached hydrogens (tertiary/aromatic N) is 2. The minimum atomic E-state index is -0.888. The Hall–Kier alpha value is -2.99. The van der Waals surface area contributed by atoms with E-state index in [1.165, 1.54) is 17.4 Å². The molecule has 1 heterocycles. The van der Waals surface area contributed by atoms with Crippen LogP contribution in [-0.4, -0.2) is 33.4 Å². The number of rotatable bonds is 6. The predicted octanol–water partition coefficient (Wildman–Crippen LogP) is 5.07. The summed E-state index contributed by atoms with van der Waals surface area (Å²) in [4.78, 5) is 31.5. The van der Waals surface area contributed by atoms with Crippen LogP contribution in [0.25, 0.3) is 16.3 Å². The molecule has 1 atom stereocenters. The number of fused-ring (bicyclic) bond motifs is 1. The first-order valence-electron chi connectivity index (χ1n) is 9.84. The highest BCUT2D eigenvalue weighted by atomic mass is 32.1. The van der Waals surface area contributed by atoms with Crippen LogP contribution in [0.1, 0.15) is 38.3 Å². The molecule has 6 heteroatoms. The molecule has 30 heavy (non-hydrogen) atoms. The molecule has 1 aromatic heterocycles. The maximum absolute atomic E-state index is 13.0. The van der Waals surface area contributed by atoms with Gasteiger partial charge in [-0.25, -0.2) is 9.78 Å². The predicted molar refractivity (Wildman–Crippen MR) is 121 cm³/mol. The number of para-hydroxylation sites is 1. The van der Waals surface area contributed by atoms with Crippen LogP contribution in [0, 0.1) is 0 Å². The van der Waals surface area contributed by atoms with E-state index in [4.69, 9.17) is 4.74 Å². The van der Waals surface area contributed by atoms with Gasteiger partial charge in [-0.3, -0.25) is 4.79 Å². The van der Waals surface area contributed by atoms with Crippen LogP contribution in [0.15, 0.2) is 60.7 Å². The fourth-order valence-corrected chi connectivity index (χ4v) is 3.87. The number of ether oxygens (including phenoxy) is 1. The van der Waals surface area contributed by atoms with Crippen molar-refractivity contribution in [1.82, 2.24) is 9.88 Å². The molecule has 5 nitrogen and oxygen atoms in total. The normalized spacial score (nSPS) is 12.8. The largest absolute Gasteiger partial charge is 0.449 e. The quantitative estimate of drug-likeness (QED) is 0.411. The van der Waals surface area contributed by atoms with Crippen molar-refractivity contribution in [3.05, 3.63) is 71.2 Å². The Labute approximate surface area is 181 Å². The van der Waals surface area contributed by atoms with E-state index in [0.717, 1.165) is 15.8 Å². The molecule has 156 valence electrons. The van der Waals surface area contributed by atoms with Crippen molar-refractivity contribution in [3.63, 3.8) is 0 Å². The molecule has 2 aromatic carbocycles. The second-order valence-corrected chi connectivity index (χ2v) is 9.08. The molecule has 0 saturated carbocycles. The van der Waals surface area contributed by atoms with Crippen molar-refractivity contribution < 1.29 is 14.3 Å². The minimum Gasteiger partial charge on any atom is -0.449 e. The van der Waals surface area contributed by atoms with Crippen LogP contribution < -0.4 is 0 Å². The number of thiazole rings is 1. The standard InChI is InChI=1S/C24H26N2O3S/c1-17(23(28)26(24(2,3)4)16-18-10-6-5-7-11-18)29-22(27)15-14-21-25-19-12-8-9-13-20(19)30-21/h5-15,17H,16H2,1-4H3/b15-14+/t17-/m0/s1. The van der Waals surface area contributed by atoms with E-state index in [9.17, 15) is 9.59 Å². The van der Waals surface area contributed by atoms with Crippen molar-refractivity contribution >= 4 is 39.5 Å². The number of aromatic nitrogens is 1. The van der Waals surface area contributed by atoms with Gasteiger partial charge < -0.3 is 9.64 Å². The van der Waals surface area contributed by atoms with Gasteiger partial charge in [-0.05, 0) is 51.5 Å². The Balaban J connectivity index is 1.65. The molecule has 0 saturated heterocycles. The molecule has 0 aliphatic carbocycles. The van der Waals surface area contributed by atoms with E-state index in [-0.39, 0.29) is 5.91 Å². The van der Waals surface area contributed by atoms with E-state index < -0.39 is 17.6 Å². The lowest BCUT2D eigenvalue weighted by Gasteiger charge is -2.37. The van der Waals surface area contributed by atoms with E-state index in [0.29, 0.717) is 11.6 Å². The Bertz CT molecular complexity index is 1020. The molecule has 1 amide bonds. The van der Waals surface area contributed by atoms with Gasteiger partial charge in [0.1, 0.15) is 5.01 Å². The zero-order chi connectivity index (χ0) is 21.7. The Morgan fingerprint density at radius 2 is 1.77 bits per heavy atom. The van der Waals surface area contributed by atoms with Crippen molar-refractivity contribution in [2.24, 2.45) is 0 Å². The highest BCUT2D eigenvalue weighted by Gasteiger charge is 2.31. The number of carbonyl (C=O) groups excluding carboxylic acids is 2. The summed E-state index contributed by atoms with van der Waals surface area (Å²) in [5, 5.41) is 0.715. The van der Waals surface area contributed by atoms with Crippen LogP contribution in [0.5, 0.6) is 0 Å². The average Bonchev–Trinajstić information content (AvgIpc) is 3.13. The number of benzene rings is 2. The van der Waals surface area contributed by atoms with Gasteiger partial charge in [0.15, 0.2) is 6.10 Å². The van der Waals surface area contributed by atoms with Gasteiger partial charge in [-0.1, -0.05) is 42.5 Å². The molecule has 3 rings (SSSR count). The highest BCUT2D eigenvalue weighted by molar-refractivity contribution is 7.19. The van der Waals surface area contributed by atoms with E-state index >= 15 is 0 Å². The molecule has 0 unspecified atom stereocenters. The smallest absolute Gasteiger partial charge is 0.331 e. The summed E-state index contributed by atoms with van der Waals surface area (Å²) in [6, 6.07) is 17.6. The van der Waals surface area contributed by atoms with E-state index in [2.05, 4.69) is 4.98 Å². The fourth-order valence-electron chi connectivity index (χ4n) is 3.00. The zero-order valence-electron chi connectivity index (χ0n) is 17.7. The number of esters is 1. The number of hydrogen-bond acceptors (Lipinski definition) is 5. The summed E-state index contributed by atoms with van der Waals surface area (Å²) in [5.74, 6) is -0.795. The van der Waals surface area contributed by atoms with Gasteiger partial charge in [0.2, 0.25) is 0 Å². The molecule has 0 bridgehead atoms. The molecule has 0 radical (unpaired) electrons. The first-order valence-corrected chi connectivity index (χ1v) is 10.7. The van der Waals surface area contributed by atoms with Crippen LogP contribution in [0.4, 0.5) is 0 Å². The lowest BCUT2D eigenvalue weighted by molar-refractivity contribution is -0.158.